The largest absolute Gasteiger partial charge is 0.462 e. The van der Waals surface area contributed by atoms with Crippen molar-refractivity contribution >= 4 is 57.4 Å². The number of carbonyl (C=O) groups is 1. The van der Waals surface area contributed by atoms with Crippen LogP contribution in [-0.2, 0) is 9.53 Å². The second-order valence-electron chi connectivity index (χ2n) is 2.27. The van der Waals surface area contributed by atoms with E-state index in [0.29, 0.717) is 12.2 Å². The van der Waals surface area contributed by atoms with Crippen molar-refractivity contribution in [3.8, 4) is 0 Å². The van der Waals surface area contributed by atoms with Crippen molar-refractivity contribution < 1.29 is 9.53 Å². The molecule has 0 amide bonds. The van der Waals surface area contributed by atoms with Crippen LogP contribution >= 0.6 is 0 Å². The first-order valence-electron chi connectivity index (χ1n) is 3.51. The van der Waals surface area contributed by atoms with Gasteiger partial charge in [0.15, 0.2) is 0 Å². The van der Waals surface area contributed by atoms with E-state index in [4.69, 9.17) is 4.74 Å². The van der Waals surface area contributed by atoms with Crippen molar-refractivity contribution in [1.29, 1.82) is 0 Å². The Morgan fingerprint density at radius 3 is 2.45 bits per heavy atom. The van der Waals surface area contributed by atoms with E-state index in [2.05, 4.69) is 13.5 Å². The summed E-state index contributed by atoms with van der Waals surface area (Å²) in [4.78, 5) is 10.7. The molecule has 11 heavy (non-hydrogen) atoms. The maximum atomic E-state index is 10.7. The summed E-state index contributed by atoms with van der Waals surface area (Å²) in [5.74, 6) is -0.284. The molecule has 0 aliphatic heterocycles. The Morgan fingerprint density at radius 1 is 1.55 bits per heavy atom. The Balaban J connectivity index is 0. The van der Waals surface area contributed by atoms with E-state index in [1.165, 1.54) is 0 Å². The molecule has 2 nitrogen and oxygen atoms in total. The van der Waals surface area contributed by atoms with Gasteiger partial charge in [0.25, 0.3) is 0 Å². The molecule has 0 unspecified atom stereocenters. The van der Waals surface area contributed by atoms with Gasteiger partial charge in [0.05, 0.1) is 6.61 Å². The minimum Gasteiger partial charge on any atom is -0.462 e. The maximum Gasteiger partial charge on any atom is 0.333 e. The molecule has 0 heterocycles. The van der Waals surface area contributed by atoms with Crippen molar-refractivity contribution in [3.63, 3.8) is 0 Å². The average Bonchev–Trinajstić information content (AvgIpc) is 1.88. The predicted molar refractivity (Wildman–Crippen MR) is 46.4 cm³/mol. The molecule has 0 aromatic rings. The van der Waals surface area contributed by atoms with Crippen LogP contribution in [0.25, 0.3) is 0 Å². The fraction of sp³-hybridized carbons (Fsp3) is 0.625. The number of esters is 1. The van der Waals surface area contributed by atoms with Gasteiger partial charge in [0, 0.05) is 57.0 Å². The normalized spacial score (nSPS) is 8.18. The summed E-state index contributed by atoms with van der Waals surface area (Å²) >= 11 is 0. The average molecular weight is 181 g/mol. The SMILES string of the molecule is C=C(C)C(=O)OCCCC.[K]. The number of carbonyl (C=O) groups excluding carboxylic acids is 1. The molecule has 0 fully saturated rings. The number of hydrogen-bond acceptors (Lipinski definition) is 2. The Morgan fingerprint density at radius 2 is 2.09 bits per heavy atom. The Labute approximate surface area is 111 Å². The zero-order chi connectivity index (χ0) is 7.98. The summed E-state index contributed by atoms with van der Waals surface area (Å²) in [6.45, 7) is 7.67. The van der Waals surface area contributed by atoms with Gasteiger partial charge < -0.3 is 4.74 Å². The minimum absolute atomic E-state index is 0. The monoisotopic (exact) mass is 181 g/mol. The molecule has 59 valence electrons. The van der Waals surface area contributed by atoms with E-state index in [1.54, 1.807) is 6.92 Å². The van der Waals surface area contributed by atoms with Crippen molar-refractivity contribution in [2.24, 2.45) is 0 Å². The second-order valence-corrected chi connectivity index (χ2v) is 2.27. The molecule has 0 aliphatic rings. The van der Waals surface area contributed by atoms with Gasteiger partial charge in [-0.3, -0.25) is 0 Å². The van der Waals surface area contributed by atoms with Crippen LogP contribution in [0.3, 0.4) is 0 Å². The molecular weight excluding hydrogens is 167 g/mol. The molecule has 0 rings (SSSR count). The number of rotatable bonds is 4. The molecule has 0 aliphatic carbocycles. The molecular formula is C8H14KO2. The third kappa shape index (κ3) is 8.76. The van der Waals surface area contributed by atoms with Gasteiger partial charge in [0.1, 0.15) is 0 Å². The third-order valence-corrected chi connectivity index (χ3v) is 1.08. The van der Waals surface area contributed by atoms with E-state index in [1.807, 2.05) is 0 Å². The van der Waals surface area contributed by atoms with Crippen LogP contribution in [-0.4, -0.2) is 64.0 Å². The summed E-state index contributed by atoms with van der Waals surface area (Å²) in [5, 5.41) is 0. The Bertz CT molecular complexity index is 132. The zero-order valence-corrected chi connectivity index (χ0v) is 10.8. The molecule has 0 atom stereocenters. The number of unbranched alkanes of at least 4 members (excludes halogenated alkanes) is 1. The molecule has 0 bridgehead atoms. The number of hydrogen-bond donors (Lipinski definition) is 0. The van der Waals surface area contributed by atoms with Crippen molar-refractivity contribution in [2.45, 2.75) is 26.7 Å². The van der Waals surface area contributed by atoms with Gasteiger partial charge in [-0.2, -0.15) is 0 Å². The molecule has 0 aromatic carbocycles. The second kappa shape index (κ2) is 8.94. The first kappa shape index (κ1) is 14.4. The summed E-state index contributed by atoms with van der Waals surface area (Å²) in [6, 6.07) is 0. The summed E-state index contributed by atoms with van der Waals surface area (Å²) < 4.78 is 4.81. The van der Waals surface area contributed by atoms with Gasteiger partial charge in [-0.15, -0.1) is 0 Å². The van der Waals surface area contributed by atoms with Gasteiger partial charge in [-0.25, -0.2) is 4.79 Å². The van der Waals surface area contributed by atoms with Crippen LogP contribution in [0.1, 0.15) is 26.7 Å². The topological polar surface area (TPSA) is 26.3 Å². The van der Waals surface area contributed by atoms with Gasteiger partial charge in [0.2, 0.25) is 0 Å². The standard InChI is InChI=1S/C8H14O2.K/c1-4-5-6-10-8(9)7(2)3;/h2,4-6H2,1,3H3;. The first-order valence-corrected chi connectivity index (χ1v) is 3.51. The van der Waals surface area contributed by atoms with Crippen LogP contribution < -0.4 is 0 Å². The fourth-order valence-electron chi connectivity index (χ4n) is 0.432. The van der Waals surface area contributed by atoms with Gasteiger partial charge in [-0.1, -0.05) is 19.9 Å². The van der Waals surface area contributed by atoms with Crippen molar-refractivity contribution in [3.05, 3.63) is 12.2 Å². The molecule has 0 saturated carbocycles. The van der Waals surface area contributed by atoms with Crippen molar-refractivity contribution in [2.75, 3.05) is 6.61 Å². The Hall–Kier alpha value is 0.846. The molecule has 0 N–H and O–H groups in total. The Kier molecular flexibility index (Phi) is 11.7. The van der Waals surface area contributed by atoms with Crippen LogP contribution in [0.5, 0.6) is 0 Å². The maximum absolute atomic E-state index is 10.7. The first-order chi connectivity index (χ1) is 4.68. The van der Waals surface area contributed by atoms with E-state index < -0.39 is 0 Å². The molecule has 1 radical (unpaired) electrons. The van der Waals surface area contributed by atoms with E-state index in [-0.39, 0.29) is 57.4 Å². The van der Waals surface area contributed by atoms with E-state index in [9.17, 15) is 4.79 Å². The molecule has 0 aromatic heterocycles. The zero-order valence-electron chi connectivity index (χ0n) is 7.64. The van der Waals surface area contributed by atoms with Gasteiger partial charge >= 0.3 is 5.97 Å². The smallest absolute Gasteiger partial charge is 0.333 e. The quantitative estimate of drug-likeness (QED) is 0.284. The van der Waals surface area contributed by atoms with Crippen LogP contribution in [0.4, 0.5) is 0 Å². The van der Waals surface area contributed by atoms with Crippen LogP contribution in [0, 0.1) is 0 Å². The van der Waals surface area contributed by atoms with Crippen LogP contribution in [0.2, 0.25) is 0 Å². The molecule has 3 heteroatoms. The summed E-state index contributed by atoms with van der Waals surface area (Å²) in [6.07, 6.45) is 1.97. The van der Waals surface area contributed by atoms with E-state index >= 15 is 0 Å². The minimum atomic E-state index is -0.284. The molecule has 0 spiro atoms. The van der Waals surface area contributed by atoms with Gasteiger partial charge in [-0.05, 0) is 13.3 Å². The van der Waals surface area contributed by atoms with Crippen molar-refractivity contribution in [1.82, 2.24) is 0 Å². The predicted octanol–water partition coefficient (Wildman–Crippen LogP) is 1.52. The van der Waals surface area contributed by atoms with E-state index in [0.717, 1.165) is 12.8 Å². The third-order valence-electron chi connectivity index (χ3n) is 1.08. The molecule has 0 saturated heterocycles. The summed E-state index contributed by atoms with van der Waals surface area (Å²) in [5.41, 5.74) is 0.469. The number of ether oxygens (including phenoxy) is 1. The van der Waals surface area contributed by atoms with Crippen LogP contribution in [0.15, 0.2) is 12.2 Å². The fourth-order valence-corrected chi connectivity index (χ4v) is 0.432. The summed E-state index contributed by atoms with van der Waals surface area (Å²) in [7, 11) is 0.